The van der Waals surface area contributed by atoms with Crippen molar-refractivity contribution in [3.05, 3.63) is 100 Å². The summed E-state index contributed by atoms with van der Waals surface area (Å²) in [6, 6.07) is 22.6. The van der Waals surface area contributed by atoms with Crippen LogP contribution in [0, 0.1) is 10.1 Å². The van der Waals surface area contributed by atoms with Crippen LogP contribution in [0.2, 0.25) is 0 Å². The Morgan fingerprint density at radius 3 is 2.20 bits per heavy atom. The average Bonchev–Trinajstić information content (AvgIpc) is 2.78. The monoisotopic (exact) mass is 405 g/mol. The number of nitrogens with one attached hydrogen (secondary N) is 1. The number of carbonyl (C=O) groups excluding carboxylic acids is 1. The van der Waals surface area contributed by atoms with Gasteiger partial charge in [0.05, 0.1) is 11.1 Å². The lowest BCUT2D eigenvalue weighted by molar-refractivity contribution is -0.384. The van der Waals surface area contributed by atoms with Crippen LogP contribution in [0.3, 0.4) is 0 Å². The number of rotatable bonds is 9. The molecule has 0 heterocycles. The van der Waals surface area contributed by atoms with Gasteiger partial charge in [0.25, 0.3) is 11.6 Å². The maximum atomic E-state index is 11.8. The number of amides is 1. The summed E-state index contributed by atoms with van der Waals surface area (Å²) in [5, 5.41) is 14.4. The predicted molar refractivity (Wildman–Crippen MR) is 112 cm³/mol. The minimum absolute atomic E-state index is 0.0129. The Balaban J connectivity index is 1.40. The van der Waals surface area contributed by atoms with Crippen LogP contribution in [-0.4, -0.2) is 23.7 Å². The number of hydrogen-bond acceptors (Lipinski definition) is 6. The molecule has 0 spiro atoms. The molecule has 0 unspecified atom stereocenters. The highest BCUT2D eigenvalue weighted by molar-refractivity contribution is 5.83. The van der Waals surface area contributed by atoms with Crippen molar-refractivity contribution in [3.63, 3.8) is 0 Å². The quantitative estimate of drug-likeness (QED) is 0.332. The van der Waals surface area contributed by atoms with E-state index in [0.29, 0.717) is 23.7 Å². The van der Waals surface area contributed by atoms with E-state index in [0.717, 1.165) is 5.56 Å². The van der Waals surface area contributed by atoms with Crippen LogP contribution in [0.4, 0.5) is 5.69 Å². The molecule has 0 aromatic heterocycles. The molecule has 30 heavy (non-hydrogen) atoms. The standard InChI is InChI=1S/C22H19N3O5/c26-22(24-23-14-17-6-8-19(9-7-17)25(27)28)16-30-21-12-10-20(11-13-21)29-15-18-4-2-1-3-5-18/h1-14H,15-16H2,(H,24,26)/b23-14+. The van der Waals surface area contributed by atoms with Gasteiger partial charge < -0.3 is 9.47 Å². The van der Waals surface area contributed by atoms with Gasteiger partial charge in [0, 0.05) is 12.1 Å². The van der Waals surface area contributed by atoms with E-state index < -0.39 is 10.8 Å². The van der Waals surface area contributed by atoms with Gasteiger partial charge in [-0.1, -0.05) is 30.3 Å². The van der Waals surface area contributed by atoms with Crippen molar-refractivity contribution in [2.24, 2.45) is 5.10 Å². The zero-order valence-corrected chi connectivity index (χ0v) is 15.9. The number of nitrogens with zero attached hydrogens (tertiary/aromatic N) is 2. The lowest BCUT2D eigenvalue weighted by Crippen LogP contribution is -2.24. The van der Waals surface area contributed by atoms with E-state index in [4.69, 9.17) is 9.47 Å². The molecular formula is C22H19N3O5. The van der Waals surface area contributed by atoms with Crippen LogP contribution in [0.25, 0.3) is 0 Å². The molecule has 0 saturated heterocycles. The third-order valence-corrected chi connectivity index (χ3v) is 3.95. The zero-order valence-electron chi connectivity index (χ0n) is 15.9. The van der Waals surface area contributed by atoms with E-state index >= 15 is 0 Å². The zero-order chi connectivity index (χ0) is 21.2. The van der Waals surface area contributed by atoms with E-state index in [1.54, 1.807) is 24.3 Å². The highest BCUT2D eigenvalue weighted by Crippen LogP contribution is 2.18. The molecule has 0 aliphatic rings. The van der Waals surface area contributed by atoms with Gasteiger partial charge in [0.15, 0.2) is 6.61 Å². The third-order valence-electron chi connectivity index (χ3n) is 3.95. The van der Waals surface area contributed by atoms with Crippen molar-refractivity contribution in [3.8, 4) is 11.5 Å². The Bertz CT molecular complexity index is 1000. The van der Waals surface area contributed by atoms with Crippen LogP contribution in [-0.2, 0) is 11.4 Å². The number of benzene rings is 3. The van der Waals surface area contributed by atoms with Crippen LogP contribution >= 0.6 is 0 Å². The SMILES string of the molecule is O=C(COc1ccc(OCc2ccccc2)cc1)N/N=C/c1ccc([N+](=O)[O-])cc1. The molecule has 0 aliphatic carbocycles. The largest absolute Gasteiger partial charge is 0.489 e. The number of ether oxygens (including phenoxy) is 2. The predicted octanol–water partition coefficient (Wildman–Crippen LogP) is 3.70. The molecule has 152 valence electrons. The minimum Gasteiger partial charge on any atom is -0.489 e. The van der Waals surface area contributed by atoms with Crippen LogP contribution in [0.15, 0.2) is 84.0 Å². The molecule has 0 saturated carbocycles. The van der Waals surface area contributed by atoms with Crippen molar-refractivity contribution < 1.29 is 19.2 Å². The fourth-order valence-electron chi connectivity index (χ4n) is 2.42. The average molecular weight is 405 g/mol. The second-order valence-electron chi connectivity index (χ2n) is 6.18. The topological polar surface area (TPSA) is 103 Å². The molecule has 0 radical (unpaired) electrons. The van der Waals surface area contributed by atoms with E-state index in [9.17, 15) is 14.9 Å². The highest BCUT2D eigenvalue weighted by atomic mass is 16.6. The Morgan fingerprint density at radius 1 is 0.933 bits per heavy atom. The Hall–Kier alpha value is -4.20. The van der Waals surface area contributed by atoms with Crippen molar-refractivity contribution >= 4 is 17.8 Å². The van der Waals surface area contributed by atoms with Gasteiger partial charge in [0.2, 0.25) is 0 Å². The number of non-ortho nitro benzene ring substituents is 1. The summed E-state index contributed by atoms with van der Waals surface area (Å²) in [6.45, 7) is 0.262. The molecule has 0 atom stereocenters. The molecule has 8 heteroatoms. The van der Waals surface area contributed by atoms with Crippen molar-refractivity contribution in [1.82, 2.24) is 5.43 Å². The number of nitro benzene ring substituents is 1. The summed E-state index contributed by atoms with van der Waals surface area (Å²) < 4.78 is 11.1. The fraction of sp³-hybridized carbons (Fsp3) is 0.0909. The first kappa shape index (κ1) is 20.5. The van der Waals surface area contributed by atoms with Crippen LogP contribution in [0.1, 0.15) is 11.1 Å². The Labute approximate surface area is 172 Å². The number of hydrogen-bond donors (Lipinski definition) is 1. The first-order valence-corrected chi connectivity index (χ1v) is 9.06. The molecule has 1 amide bonds. The molecule has 0 aliphatic heterocycles. The molecule has 8 nitrogen and oxygen atoms in total. The molecule has 0 bridgehead atoms. The normalized spacial score (nSPS) is 10.5. The van der Waals surface area contributed by atoms with Gasteiger partial charge >= 0.3 is 0 Å². The summed E-state index contributed by atoms with van der Waals surface area (Å²) >= 11 is 0. The van der Waals surface area contributed by atoms with Gasteiger partial charge in [-0.15, -0.1) is 0 Å². The van der Waals surface area contributed by atoms with E-state index in [2.05, 4.69) is 10.5 Å². The smallest absolute Gasteiger partial charge is 0.277 e. The van der Waals surface area contributed by atoms with E-state index in [-0.39, 0.29) is 12.3 Å². The first-order valence-electron chi connectivity index (χ1n) is 9.06. The van der Waals surface area contributed by atoms with Gasteiger partial charge in [-0.05, 0) is 47.5 Å². The third kappa shape index (κ3) is 6.45. The maximum absolute atomic E-state index is 11.8. The molecule has 1 N–H and O–H groups in total. The number of hydrazone groups is 1. The second kappa shape index (κ2) is 10.4. The van der Waals surface area contributed by atoms with Gasteiger partial charge in [-0.25, -0.2) is 5.43 Å². The molecule has 3 rings (SSSR count). The fourth-order valence-corrected chi connectivity index (χ4v) is 2.42. The van der Waals surface area contributed by atoms with Gasteiger partial charge in [-0.2, -0.15) is 5.10 Å². The van der Waals surface area contributed by atoms with Crippen molar-refractivity contribution in [1.29, 1.82) is 0 Å². The minimum atomic E-state index is -0.484. The summed E-state index contributed by atoms with van der Waals surface area (Å²) in [7, 11) is 0. The first-order chi connectivity index (χ1) is 14.6. The number of nitro groups is 1. The van der Waals surface area contributed by atoms with Crippen molar-refractivity contribution in [2.75, 3.05) is 6.61 Å². The second-order valence-corrected chi connectivity index (χ2v) is 6.18. The summed E-state index contributed by atoms with van der Waals surface area (Å²) in [5.41, 5.74) is 4.01. The maximum Gasteiger partial charge on any atom is 0.277 e. The number of carbonyl (C=O) groups is 1. The Morgan fingerprint density at radius 2 is 1.57 bits per heavy atom. The summed E-state index contributed by atoms with van der Waals surface area (Å²) in [5.74, 6) is 0.789. The molecular weight excluding hydrogens is 386 g/mol. The van der Waals surface area contributed by atoms with Gasteiger partial charge in [0.1, 0.15) is 18.1 Å². The lowest BCUT2D eigenvalue weighted by Gasteiger charge is -2.08. The lowest BCUT2D eigenvalue weighted by atomic mass is 10.2. The highest BCUT2D eigenvalue weighted by Gasteiger charge is 2.04. The summed E-state index contributed by atoms with van der Waals surface area (Å²) in [6.07, 6.45) is 1.39. The van der Waals surface area contributed by atoms with Crippen LogP contribution in [0.5, 0.6) is 11.5 Å². The molecule has 3 aromatic carbocycles. The summed E-state index contributed by atoms with van der Waals surface area (Å²) in [4.78, 5) is 21.9. The van der Waals surface area contributed by atoms with E-state index in [1.165, 1.54) is 30.5 Å². The van der Waals surface area contributed by atoms with Gasteiger partial charge in [-0.3, -0.25) is 14.9 Å². The molecule has 0 fully saturated rings. The van der Waals surface area contributed by atoms with Crippen LogP contribution < -0.4 is 14.9 Å². The Kier molecular flexibility index (Phi) is 7.10. The van der Waals surface area contributed by atoms with Crippen molar-refractivity contribution in [2.45, 2.75) is 6.61 Å². The molecule has 3 aromatic rings. The van der Waals surface area contributed by atoms with E-state index in [1.807, 2.05) is 30.3 Å².